The fourth-order valence-corrected chi connectivity index (χ4v) is 1.94. The molecule has 0 spiro atoms. The number of pyridine rings is 1. The summed E-state index contributed by atoms with van der Waals surface area (Å²) in [5.41, 5.74) is 6.65. The van der Waals surface area contributed by atoms with Crippen LogP contribution in [-0.4, -0.2) is 22.7 Å². The number of carbonyl (C=O) groups is 3. The van der Waals surface area contributed by atoms with Crippen LogP contribution in [0.1, 0.15) is 21.6 Å². The fraction of sp³-hybridized carbons (Fsp3) is 0.125. The number of aromatic nitrogens is 1. The van der Waals surface area contributed by atoms with E-state index in [0.29, 0.717) is 5.69 Å². The molecule has 2 rings (SSSR count). The zero-order valence-corrected chi connectivity index (χ0v) is 13.8. The van der Waals surface area contributed by atoms with Crippen LogP contribution in [0.3, 0.4) is 0 Å². The van der Waals surface area contributed by atoms with E-state index in [9.17, 15) is 14.4 Å². The number of nitrogens with one attached hydrogen (secondary N) is 3. The van der Waals surface area contributed by atoms with Gasteiger partial charge in [-0.1, -0.05) is 23.7 Å². The number of hydrogen-bond donors (Lipinski definition) is 3. The highest BCUT2D eigenvalue weighted by atomic mass is 35.5. The minimum atomic E-state index is -1.01. The minimum Gasteiger partial charge on any atom is -0.318 e. The number of hydrogen-bond acceptors (Lipinski definition) is 4. The van der Waals surface area contributed by atoms with Gasteiger partial charge in [-0.25, -0.2) is 4.98 Å². The molecule has 2 aromatic rings. The molecule has 0 saturated carbocycles. The van der Waals surface area contributed by atoms with Crippen molar-refractivity contribution in [3.63, 3.8) is 0 Å². The van der Waals surface area contributed by atoms with Crippen molar-refractivity contribution in [2.45, 2.75) is 13.8 Å². The van der Waals surface area contributed by atoms with Gasteiger partial charge in [-0.05, 0) is 49.2 Å². The van der Waals surface area contributed by atoms with E-state index in [1.807, 2.05) is 25.3 Å². The molecule has 0 aliphatic carbocycles. The molecule has 1 heterocycles. The number of halogens is 1. The standard InChI is InChI=1S/C16H15ClN4O3/c1-9-6-7-11(8-10(9)2)18-15(23)16(24)21-20-14(22)12-4-3-5-13(17)19-12/h3-8H,1-2H3,(H,18,23)(H,20,22)(H,21,24). The van der Waals surface area contributed by atoms with Crippen LogP contribution in [0.25, 0.3) is 0 Å². The average Bonchev–Trinajstić information content (AvgIpc) is 2.55. The molecule has 7 nitrogen and oxygen atoms in total. The Morgan fingerprint density at radius 3 is 2.38 bits per heavy atom. The molecule has 0 unspecified atom stereocenters. The molecule has 3 amide bonds. The van der Waals surface area contributed by atoms with Crippen LogP contribution < -0.4 is 16.2 Å². The minimum absolute atomic E-state index is 0.0115. The first-order chi connectivity index (χ1) is 11.4. The maximum Gasteiger partial charge on any atom is 0.328 e. The van der Waals surface area contributed by atoms with E-state index in [1.165, 1.54) is 12.1 Å². The quantitative estimate of drug-likeness (QED) is 0.438. The van der Waals surface area contributed by atoms with Crippen LogP contribution in [0.2, 0.25) is 5.15 Å². The van der Waals surface area contributed by atoms with E-state index in [4.69, 9.17) is 11.6 Å². The highest BCUT2D eigenvalue weighted by Gasteiger charge is 2.16. The molecular weight excluding hydrogens is 332 g/mol. The predicted molar refractivity (Wildman–Crippen MR) is 89.4 cm³/mol. The maximum absolute atomic E-state index is 11.8. The van der Waals surface area contributed by atoms with E-state index >= 15 is 0 Å². The largest absolute Gasteiger partial charge is 0.328 e. The molecule has 1 aromatic heterocycles. The Labute approximate surface area is 143 Å². The Morgan fingerprint density at radius 2 is 1.71 bits per heavy atom. The van der Waals surface area contributed by atoms with Crippen LogP contribution >= 0.6 is 11.6 Å². The second-order valence-corrected chi connectivity index (χ2v) is 5.39. The zero-order valence-electron chi connectivity index (χ0n) is 13.0. The summed E-state index contributed by atoms with van der Waals surface area (Å²) in [5, 5.41) is 2.58. The summed E-state index contributed by atoms with van der Waals surface area (Å²) < 4.78 is 0. The van der Waals surface area contributed by atoms with Gasteiger partial charge in [-0.3, -0.25) is 25.2 Å². The number of benzene rings is 1. The molecule has 0 radical (unpaired) electrons. The molecule has 0 bridgehead atoms. The fourth-order valence-electron chi connectivity index (χ4n) is 1.78. The molecule has 3 N–H and O–H groups in total. The van der Waals surface area contributed by atoms with E-state index in [1.54, 1.807) is 18.2 Å². The highest BCUT2D eigenvalue weighted by Crippen LogP contribution is 2.13. The van der Waals surface area contributed by atoms with E-state index in [2.05, 4.69) is 15.7 Å². The second kappa shape index (κ2) is 7.56. The van der Waals surface area contributed by atoms with Gasteiger partial charge in [0.1, 0.15) is 10.8 Å². The highest BCUT2D eigenvalue weighted by molar-refractivity contribution is 6.39. The number of amides is 3. The van der Waals surface area contributed by atoms with Gasteiger partial charge in [0.15, 0.2) is 0 Å². The van der Waals surface area contributed by atoms with Gasteiger partial charge in [0.25, 0.3) is 5.91 Å². The van der Waals surface area contributed by atoms with Crippen molar-refractivity contribution in [2.75, 3.05) is 5.32 Å². The summed E-state index contributed by atoms with van der Waals surface area (Å²) in [6.45, 7) is 3.83. The van der Waals surface area contributed by atoms with Gasteiger partial charge in [0.05, 0.1) is 0 Å². The normalized spacial score (nSPS) is 9.96. The van der Waals surface area contributed by atoms with Gasteiger partial charge >= 0.3 is 11.8 Å². The van der Waals surface area contributed by atoms with Crippen molar-refractivity contribution in [1.82, 2.24) is 15.8 Å². The Bertz CT molecular complexity index is 808. The summed E-state index contributed by atoms with van der Waals surface area (Å²) in [6.07, 6.45) is 0. The van der Waals surface area contributed by atoms with Gasteiger partial charge in [-0.2, -0.15) is 0 Å². The van der Waals surface area contributed by atoms with Gasteiger partial charge in [-0.15, -0.1) is 0 Å². The van der Waals surface area contributed by atoms with E-state index in [-0.39, 0.29) is 10.8 Å². The lowest BCUT2D eigenvalue weighted by atomic mass is 10.1. The van der Waals surface area contributed by atoms with Crippen LogP contribution in [0, 0.1) is 13.8 Å². The summed E-state index contributed by atoms with van der Waals surface area (Å²) in [4.78, 5) is 39.1. The molecule has 1 aromatic carbocycles. The molecule has 0 aliphatic rings. The first-order valence-corrected chi connectivity index (χ1v) is 7.36. The second-order valence-electron chi connectivity index (χ2n) is 5.01. The third-order valence-corrected chi connectivity index (χ3v) is 3.42. The SMILES string of the molecule is Cc1ccc(NC(=O)C(=O)NNC(=O)c2cccc(Cl)n2)cc1C. The van der Waals surface area contributed by atoms with Gasteiger partial charge < -0.3 is 5.32 Å². The third kappa shape index (κ3) is 4.53. The number of hydrazine groups is 1. The topological polar surface area (TPSA) is 100 Å². The zero-order chi connectivity index (χ0) is 17.7. The first kappa shape index (κ1) is 17.4. The average molecular weight is 347 g/mol. The van der Waals surface area contributed by atoms with E-state index in [0.717, 1.165) is 11.1 Å². The smallest absolute Gasteiger partial charge is 0.318 e. The summed E-state index contributed by atoms with van der Waals surface area (Å²) in [7, 11) is 0. The molecule has 8 heteroatoms. The lowest BCUT2D eigenvalue weighted by molar-refractivity contribution is -0.136. The number of aryl methyl sites for hydroxylation is 2. The van der Waals surface area contributed by atoms with Crippen LogP contribution in [0.15, 0.2) is 36.4 Å². The van der Waals surface area contributed by atoms with Gasteiger partial charge in [0, 0.05) is 5.69 Å². The summed E-state index contributed by atoms with van der Waals surface area (Å²) in [5.74, 6) is -2.61. The Balaban J connectivity index is 1.90. The van der Waals surface area contributed by atoms with Crippen molar-refractivity contribution in [3.05, 3.63) is 58.4 Å². The molecule has 0 fully saturated rings. The molecule has 124 valence electrons. The van der Waals surface area contributed by atoms with Crippen molar-refractivity contribution in [3.8, 4) is 0 Å². The van der Waals surface area contributed by atoms with Crippen LogP contribution in [-0.2, 0) is 9.59 Å². The van der Waals surface area contributed by atoms with Crippen molar-refractivity contribution in [2.24, 2.45) is 0 Å². The molecular formula is C16H15ClN4O3. The van der Waals surface area contributed by atoms with Crippen LogP contribution in [0.4, 0.5) is 5.69 Å². The Kier molecular flexibility index (Phi) is 5.49. The molecule has 0 saturated heterocycles. The van der Waals surface area contributed by atoms with Gasteiger partial charge in [0.2, 0.25) is 0 Å². The number of rotatable bonds is 2. The number of carbonyl (C=O) groups excluding carboxylic acids is 3. The lowest BCUT2D eigenvalue weighted by Crippen LogP contribution is -2.46. The maximum atomic E-state index is 11.8. The predicted octanol–water partition coefficient (Wildman–Crippen LogP) is 1.75. The molecule has 24 heavy (non-hydrogen) atoms. The summed E-state index contributed by atoms with van der Waals surface area (Å²) in [6, 6.07) is 9.72. The molecule has 0 atom stereocenters. The van der Waals surface area contributed by atoms with Crippen molar-refractivity contribution < 1.29 is 14.4 Å². The first-order valence-electron chi connectivity index (χ1n) is 6.98. The monoisotopic (exact) mass is 346 g/mol. The number of nitrogens with zero attached hydrogens (tertiary/aromatic N) is 1. The summed E-state index contributed by atoms with van der Waals surface area (Å²) >= 11 is 5.67. The Hall–Kier alpha value is -2.93. The third-order valence-electron chi connectivity index (χ3n) is 3.21. The van der Waals surface area contributed by atoms with E-state index < -0.39 is 17.7 Å². The number of anilines is 1. The molecule has 0 aliphatic heterocycles. The lowest BCUT2D eigenvalue weighted by Gasteiger charge is -2.09. The van der Waals surface area contributed by atoms with Crippen LogP contribution in [0.5, 0.6) is 0 Å². The Morgan fingerprint density at radius 1 is 0.958 bits per heavy atom. The van der Waals surface area contributed by atoms with Crippen molar-refractivity contribution >= 4 is 35.0 Å². The van der Waals surface area contributed by atoms with Crippen molar-refractivity contribution in [1.29, 1.82) is 0 Å².